The van der Waals surface area contributed by atoms with Gasteiger partial charge in [0.2, 0.25) is 0 Å². The van der Waals surface area contributed by atoms with E-state index in [2.05, 4.69) is 0 Å². The van der Waals surface area contributed by atoms with Gasteiger partial charge in [0.25, 0.3) is 5.91 Å². The molecule has 0 bridgehead atoms. The van der Waals surface area contributed by atoms with E-state index in [1.54, 1.807) is 26.3 Å². The number of phenolic OH excluding ortho intramolecular Hbond substituents is 1. The summed E-state index contributed by atoms with van der Waals surface area (Å²) in [4.78, 5) is 14.7. The van der Waals surface area contributed by atoms with Crippen molar-refractivity contribution in [1.82, 2.24) is 0 Å². The van der Waals surface area contributed by atoms with E-state index < -0.39 is 0 Å². The maximum atomic E-state index is 12.7. The van der Waals surface area contributed by atoms with Crippen molar-refractivity contribution < 1.29 is 14.6 Å². The standard InChI is InChI=1S/C17H14ClNO3S/c1-19(10-3-5-11(20)6-4-10)17(21)16-15(18)13-9-12(22-2)7-8-14(13)23-16/h3-9,20H,1-2H3. The number of hydrogen-bond acceptors (Lipinski definition) is 4. The molecule has 0 radical (unpaired) electrons. The smallest absolute Gasteiger partial charge is 0.269 e. The van der Waals surface area contributed by atoms with Crippen molar-refractivity contribution in [1.29, 1.82) is 0 Å². The molecular weight excluding hydrogens is 334 g/mol. The highest BCUT2D eigenvalue weighted by Gasteiger charge is 2.21. The summed E-state index contributed by atoms with van der Waals surface area (Å²) in [6.07, 6.45) is 0. The van der Waals surface area contributed by atoms with Crippen LogP contribution in [0.1, 0.15) is 9.67 Å². The van der Waals surface area contributed by atoms with Crippen LogP contribution in [-0.4, -0.2) is 25.2 Å². The fourth-order valence-electron chi connectivity index (χ4n) is 2.26. The van der Waals surface area contributed by atoms with Crippen molar-refractivity contribution >= 4 is 44.6 Å². The predicted octanol–water partition coefficient (Wildman–Crippen LogP) is 4.55. The summed E-state index contributed by atoms with van der Waals surface area (Å²) in [6.45, 7) is 0. The Kier molecular flexibility index (Phi) is 4.15. The van der Waals surface area contributed by atoms with Gasteiger partial charge >= 0.3 is 0 Å². The van der Waals surface area contributed by atoms with Gasteiger partial charge in [-0.1, -0.05) is 11.6 Å². The molecule has 1 N–H and O–H groups in total. The van der Waals surface area contributed by atoms with Gasteiger partial charge in [0, 0.05) is 22.8 Å². The van der Waals surface area contributed by atoms with Gasteiger partial charge in [-0.25, -0.2) is 0 Å². The topological polar surface area (TPSA) is 49.8 Å². The fourth-order valence-corrected chi connectivity index (χ4v) is 3.72. The number of rotatable bonds is 3. The van der Waals surface area contributed by atoms with Crippen molar-refractivity contribution in [2.75, 3.05) is 19.1 Å². The van der Waals surface area contributed by atoms with E-state index in [1.165, 1.54) is 28.4 Å². The molecule has 1 heterocycles. The number of methoxy groups -OCH3 is 1. The van der Waals surface area contributed by atoms with Crippen LogP contribution in [0.15, 0.2) is 42.5 Å². The number of benzene rings is 2. The number of thiophene rings is 1. The first-order valence-electron chi connectivity index (χ1n) is 6.84. The van der Waals surface area contributed by atoms with Gasteiger partial charge in [-0.3, -0.25) is 4.79 Å². The molecule has 2 aromatic carbocycles. The summed E-state index contributed by atoms with van der Waals surface area (Å²) in [5.41, 5.74) is 0.680. The van der Waals surface area contributed by atoms with Crippen LogP contribution in [0.25, 0.3) is 10.1 Å². The van der Waals surface area contributed by atoms with E-state index in [9.17, 15) is 9.90 Å². The van der Waals surface area contributed by atoms with Crippen molar-refractivity contribution in [3.05, 3.63) is 52.4 Å². The second-order valence-electron chi connectivity index (χ2n) is 4.99. The highest BCUT2D eigenvalue weighted by atomic mass is 35.5. The van der Waals surface area contributed by atoms with Crippen molar-refractivity contribution in [2.24, 2.45) is 0 Å². The zero-order valence-corrected chi connectivity index (χ0v) is 14.1. The van der Waals surface area contributed by atoms with Crippen molar-refractivity contribution in [2.45, 2.75) is 0 Å². The van der Waals surface area contributed by atoms with Crippen LogP contribution in [0.3, 0.4) is 0 Å². The van der Waals surface area contributed by atoms with Gasteiger partial charge in [-0.2, -0.15) is 0 Å². The molecule has 0 spiro atoms. The van der Waals surface area contributed by atoms with Crippen LogP contribution in [-0.2, 0) is 0 Å². The zero-order valence-electron chi connectivity index (χ0n) is 12.5. The molecule has 118 valence electrons. The number of hydrogen-bond donors (Lipinski definition) is 1. The van der Waals surface area contributed by atoms with Crippen LogP contribution in [0.2, 0.25) is 5.02 Å². The van der Waals surface area contributed by atoms with Gasteiger partial charge < -0.3 is 14.7 Å². The Hall–Kier alpha value is -2.24. The molecule has 0 aliphatic rings. The fraction of sp³-hybridized carbons (Fsp3) is 0.118. The second-order valence-corrected chi connectivity index (χ2v) is 6.42. The van der Waals surface area contributed by atoms with Crippen LogP contribution < -0.4 is 9.64 Å². The van der Waals surface area contributed by atoms with Gasteiger partial charge in [0.15, 0.2) is 0 Å². The molecule has 4 nitrogen and oxygen atoms in total. The van der Waals surface area contributed by atoms with Gasteiger partial charge in [0.1, 0.15) is 16.4 Å². The minimum atomic E-state index is -0.194. The number of nitrogens with zero attached hydrogens (tertiary/aromatic N) is 1. The molecule has 3 rings (SSSR count). The molecule has 6 heteroatoms. The Labute approximate surface area is 142 Å². The van der Waals surface area contributed by atoms with E-state index in [0.29, 0.717) is 21.3 Å². The second kappa shape index (κ2) is 6.10. The van der Waals surface area contributed by atoms with Crippen LogP contribution in [0.4, 0.5) is 5.69 Å². The molecule has 0 atom stereocenters. The molecule has 1 aromatic heterocycles. The third kappa shape index (κ3) is 2.85. The number of ether oxygens (including phenoxy) is 1. The minimum Gasteiger partial charge on any atom is -0.508 e. The number of halogens is 1. The Balaban J connectivity index is 2.00. The summed E-state index contributed by atoms with van der Waals surface area (Å²) < 4.78 is 6.13. The molecule has 0 saturated heterocycles. The van der Waals surface area contributed by atoms with Crippen molar-refractivity contribution in [3.63, 3.8) is 0 Å². The first-order chi connectivity index (χ1) is 11.0. The molecule has 1 amide bonds. The lowest BCUT2D eigenvalue weighted by atomic mass is 10.2. The Morgan fingerprint density at radius 1 is 1.22 bits per heavy atom. The lowest BCUT2D eigenvalue weighted by molar-refractivity contribution is 0.0997. The molecule has 0 aliphatic carbocycles. The number of carbonyl (C=O) groups excluding carboxylic acids is 1. The maximum absolute atomic E-state index is 12.7. The summed E-state index contributed by atoms with van der Waals surface area (Å²) in [6, 6.07) is 12.0. The molecular formula is C17H14ClNO3S. The Morgan fingerprint density at radius 3 is 2.57 bits per heavy atom. The summed E-state index contributed by atoms with van der Waals surface area (Å²) in [7, 11) is 3.27. The SMILES string of the molecule is COc1ccc2sc(C(=O)N(C)c3ccc(O)cc3)c(Cl)c2c1. The average molecular weight is 348 g/mol. The molecule has 3 aromatic rings. The van der Waals surface area contributed by atoms with Gasteiger partial charge in [-0.15, -0.1) is 11.3 Å². The number of aromatic hydroxyl groups is 1. The zero-order chi connectivity index (χ0) is 16.6. The largest absolute Gasteiger partial charge is 0.508 e. The molecule has 0 saturated carbocycles. The normalized spacial score (nSPS) is 10.7. The molecule has 0 aliphatic heterocycles. The first-order valence-corrected chi connectivity index (χ1v) is 8.04. The predicted molar refractivity (Wildman–Crippen MR) is 94.2 cm³/mol. The molecule has 0 unspecified atom stereocenters. The summed E-state index contributed by atoms with van der Waals surface area (Å²) >= 11 is 7.75. The van der Waals surface area contributed by atoms with Crippen molar-refractivity contribution in [3.8, 4) is 11.5 Å². The van der Waals surface area contributed by atoms with E-state index in [4.69, 9.17) is 16.3 Å². The first kappa shape index (κ1) is 15.6. The van der Waals surface area contributed by atoms with E-state index >= 15 is 0 Å². The third-order valence-electron chi connectivity index (χ3n) is 3.57. The van der Waals surface area contributed by atoms with Gasteiger partial charge in [0.05, 0.1) is 12.1 Å². The Bertz CT molecular complexity index is 873. The van der Waals surface area contributed by atoms with E-state index in [-0.39, 0.29) is 11.7 Å². The summed E-state index contributed by atoms with van der Waals surface area (Å²) in [5, 5.41) is 10.6. The highest BCUT2D eigenvalue weighted by Crippen LogP contribution is 2.38. The number of phenols is 1. The van der Waals surface area contributed by atoms with Crippen LogP contribution in [0, 0.1) is 0 Å². The number of fused-ring (bicyclic) bond motifs is 1. The van der Waals surface area contributed by atoms with Gasteiger partial charge in [-0.05, 0) is 42.5 Å². The highest BCUT2D eigenvalue weighted by molar-refractivity contribution is 7.21. The van der Waals surface area contributed by atoms with E-state index in [0.717, 1.165) is 10.1 Å². The number of carbonyl (C=O) groups is 1. The number of amides is 1. The lowest BCUT2D eigenvalue weighted by Gasteiger charge is -2.16. The molecule has 0 fully saturated rings. The van der Waals surface area contributed by atoms with E-state index in [1.807, 2.05) is 18.2 Å². The monoisotopic (exact) mass is 347 g/mol. The van der Waals surface area contributed by atoms with Crippen LogP contribution >= 0.6 is 22.9 Å². The molecule has 23 heavy (non-hydrogen) atoms. The number of anilines is 1. The minimum absolute atomic E-state index is 0.154. The quantitative estimate of drug-likeness (QED) is 0.756. The third-order valence-corrected chi connectivity index (χ3v) is 5.23. The van der Waals surface area contributed by atoms with Crippen LogP contribution in [0.5, 0.6) is 11.5 Å². The summed E-state index contributed by atoms with van der Waals surface area (Å²) in [5.74, 6) is 0.658. The Morgan fingerprint density at radius 2 is 1.91 bits per heavy atom. The average Bonchev–Trinajstić information content (AvgIpc) is 2.90. The lowest BCUT2D eigenvalue weighted by Crippen LogP contribution is -2.25. The maximum Gasteiger partial charge on any atom is 0.269 e.